The van der Waals surface area contributed by atoms with E-state index in [4.69, 9.17) is 37.9 Å². The second-order valence-corrected chi connectivity index (χ2v) is 12.4. The van der Waals surface area contributed by atoms with Gasteiger partial charge in [-0.2, -0.15) is 0 Å². The summed E-state index contributed by atoms with van der Waals surface area (Å²) < 4.78 is 43.5. The first-order valence-electron chi connectivity index (χ1n) is 18.6. The number of aromatic hydroxyl groups is 2. The largest absolute Gasteiger partial charge is 0.507 e. The number of hydrogen-bond acceptors (Lipinski definition) is 17. The second-order valence-electron chi connectivity index (χ2n) is 12.4. The summed E-state index contributed by atoms with van der Waals surface area (Å²) in [6.07, 6.45) is -4.07. The van der Waals surface area contributed by atoms with E-state index in [9.17, 15) is 29.4 Å². The molecule has 310 valence electrons. The van der Waals surface area contributed by atoms with E-state index in [0.29, 0.717) is 0 Å². The lowest BCUT2D eigenvalue weighted by atomic mass is 10.1. The maximum atomic E-state index is 12.7. The Hall–Kier alpha value is -6.65. The van der Waals surface area contributed by atoms with E-state index in [2.05, 4.69) is 15.0 Å². The smallest absolute Gasteiger partial charge is 0.347 e. The van der Waals surface area contributed by atoms with Crippen molar-refractivity contribution in [3.8, 4) is 68.7 Å². The first kappa shape index (κ1) is 44.1. The van der Waals surface area contributed by atoms with Crippen molar-refractivity contribution in [1.29, 1.82) is 0 Å². The van der Waals surface area contributed by atoms with Crippen LogP contribution in [0.25, 0.3) is 34.2 Å². The molecule has 0 aliphatic rings. The quantitative estimate of drug-likeness (QED) is 0.0869. The zero-order chi connectivity index (χ0) is 42.5. The van der Waals surface area contributed by atoms with Gasteiger partial charge in [-0.3, -0.25) is 0 Å². The highest BCUT2D eigenvalue weighted by atomic mass is 16.6. The van der Waals surface area contributed by atoms with Crippen LogP contribution >= 0.6 is 0 Å². The minimum atomic E-state index is -1.13. The fourth-order valence-corrected chi connectivity index (χ4v) is 5.18. The van der Waals surface area contributed by atoms with E-state index in [-0.39, 0.29) is 95.1 Å². The Morgan fingerprint density at radius 3 is 1.09 bits per heavy atom. The Kier molecular flexibility index (Phi) is 15.6. The monoisotopic (exact) mass is 805 g/mol. The van der Waals surface area contributed by atoms with Crippen molar-refractivity contribution in [2.45, 2.75) is 79.8 Å². The first-order valence-corrected chi connectivity index (χ1v) is 18.6. The van der Waals surface area contributed by atoms with Crippen LogP contribution in [0.5, 0.6) is 34.5 Å². The molecular formula is C41H47N3O14. The summed E-state index contributed by atoms with van der Waals surface area (Å²) in [6, 6.07) is 13.0. The van der Waals surface area contributed by atoms with E-state index in [1.54, 1.807) is 27.7 Å². The third-order valence-corrected chi connectivity index (χ3v) is 7.97. The molecule has 0 saturated carbocycles. The van der Waals surface area contributed by atoms with Gasteiger partial charge in [0.05, 0.1) is 43.1 Å². The number of aromatic nitrogens is 3. The van der Waals surface area contributed by atoms with Crippen LogP contribution in [0, 0.1) is 0 Å². The lowest BCUT2D eigenvalue weighted by Crippen LogP contribution is -2.27. The summed E-state index contributed by atoms with van der Waals surface area (Å²) >= 11 is 0. The van der Waals surface area contributed by atoms with Gasteiger partial charge >= 0.3 is 23.9 Å². The van der Waals surface area contributed by atoms with Crippen molar-refractivity contribution >= 4 is 23.9 Å². The molecule has 4 atom stereocenters. The van der Waals surface area contributed by atoms with Crippen molar-refractivity contribution in [1.82, 2.24) is 15.0 Å². The van der Waals surface area contributed by atoms with Crippen LogP contribution in [0.4, 0.5) is 0 Å². The molecular weight excluding hydrogens is 758 g/mol. The Morgan fingerprint density at radius 1 is 0.466 bits per heavy atom. The Morgan fingerprint density at radius 2 is 0.759 bits per heavy atom. The van der Waals surface area contributed by atoms with Gasteiger partial charge in [-0.15, -0.1) is 0 Å². The molecule has 4 rings (SSSR count). The van der Waals surface area contributed by atoms with Crippen molar-refractivity contribution < 1.29 is 67.3 Å². The molecule has 0 spiro atoms. The predicted octanol–water partition coefficient (Wildman–Crippen LogP) is 5.61. The number of ether oxygens (including phenoxy) is 8. The lowest BCUT2D eigenvalue weighted by molar-refractivity contribution is -0.151. The van der Waals surface area contributed by atoms with Gasteiger partial charge in [0.2, 0.25) is 0 Å². The second kappa shape index (κ2) is 20.5. The van der Waals surface area contributed by atoms with E-state index < -0.39 is 48.3 Å². The van der Waals surface area contributed by atoms with Gasteiger partial charge in [0.25, 0.3) is 0 Å². The lowest BCUT2D eigenvalue weighted by Gasteiger charge is -2.19. The van der Waals surface area contributed by atoms with Gasteiger partial charge in [0.15, 0.2) is 41.9 Å². The summed E-state index contributed by atoms with van der Waals surface area (Å²) in [7, 11) is 0. The number of phenolic OH excluding ortho intramolecular Hbond substituents is 2. The van der Waals surface area contributed by atoms with E-state index in [0.717, 1.165) is 0 Å². The van der Waals surface area contributed by atoms with Gasteiger partial charge in [0.1, 0.15) is 34.5 Å². The molecule has 17 heteroatoms. The summed E-state index contributed by atoms with van der Waals surface area (Å²) in [6.45, 7) is 13.2. The number of benzene rings is 3. The van der Waals surface area contributed by atoms with Crippen molar-refractivity contribution in [2.75, 3.05) is 26.4 Å². The number of carbonyl (C=O) groups excluding carboxylic acids is 4. The third kappa shape index (κ3) is 11.5. The molecule has 0 bridgehead atoms. The highest BCUT2D eigenvalue weighted by Crippen LogP contribution is 2.39. The van der Waals surface area contributed by atoms with E-state index in [1.165, 1.54) is 82.3 Å². The number of carbonyl (C=O) groups is 4. The number of hydrogen-bond donors (Lipinski definition) is 2. The minimum Gasteiger partial charge on any atom is -0.507 e. The van der Waals surface area contributed by atoms with Crippen LogP contribution in [0.2, 0.25) is 0 Å². The predicted molar refractivity (Wildman–Crippen MR) is 206 cm³/mol. The summed E-state index contributed by atoms with van der Waals surface area (Å²) in [4.78, 5) is 63.3. The van der Waals surface area contributed by atoms with Crippen LogP contribution < -0.4 is 18.9 Å². The molecule has 1 heterocycles. The zero-order valence-electron chi connectivity index (χ0n) is 33.5. The van der Waals surface area contributed by atoms with Crippen LogP contribution in [0.1, 0.15) is 55.4 Å². The molecule has 1 aromatic heterocycles. The third-order valence-electron chi connectivity index (χ3n) is 7.97. The number of esters is 4. The topological polar surface area (TPSA) is 221 Å². The maximum Gasteiger partial charge on any atom is 0.347 e. The Labute approximate surface area is 335 Å². The molecule has 3 aromatic carbocycles. The fourth-order valence-electron chi connectivity index (χ4n) is 5.18. The van der Waals surface area contributed by atoms with Gasteiger partial charge in [0, 0.05) is 18.2 Å². The van der Waals surface area contributed by atoms with E-state index in [1.807, 2.05) is 0 Å². The Balaban J connectivity index is 1.88. The summed E-state index contributed by atoms with van der Waals surface area (Å²) in [5.41, 5.74) is 0.422. The van der Waals surface area contributed by atoms with Gasteiger partial charge in [-0.25, -0.2) is 34.1 Å². The summed E-state index contributed by atoms with van der Waals surface area (Å²) in [5, 5.41) is 22.5. The van der Waals surface area contributed by atoms with E-state index >= 15 is 0 Å². The molecule has 0 aliphatic heterocycles. The molecule has 0 radical (unpaired) electrons. The SMILES string of the molecule is CCOC(=O)C(C)Oc1ccc(-c2nc(-c3ccc(OC(C)C(=O)OCC)cc3O)nc(-c3ccc(OC(C)C(=O)OCC)cc3OC(C)C(=O)OCC)n2)c(O)c1. The average Bonchev–Trinajstić information content (AvgIpc) is 3.18. The maximum absolute atomic E-state index is 12.7. The van der Waals surface area contributed by atoms with Crippen molar-refractivity contribution in [3.63, 3.8) is 0 Å². The zero-order valence-corrected chi connectivity index (χ0v) is 33.5. The van der Waals surface area contributed by atoms with Crippen LogP contribution in [-0.4, -0.2) is 99.9 Å². The molecule has 2 N–H and O–H groups in total. The van der Waals surface area contributed by atoms with Gasteiger partial charge in [-0.1, -0.05) is 0 Å². The molecule has 58 heavy (non-hydrogen) atoms. The molecule has 4 aromatic rings. The highest BCUT2D eigenvalue weighted by Gasteiger charge is 2.25. The molecule has 0 saturated heterocycles. The van der Waals surface area contributed by atoms with Crippen LogP contribution in [-0.2, 0) is 38.1 Å². The highest BCUT2D eigenvalue weighted by molar-refractivity contribution is 5.79. The molecule has 4 unspecified atom stereocenters. The number of rotatable bonds is 19. The van der Waals surface area contributed by atoms with Gasteiger partial charge in [-0.05, 0) is 91.8 Å². The molecule has 0 aliphatic carbocycles. The minimum absolute atomic E-state index is 0.0395. The average molecular weight is 806 g/mol. The number of phenols is 2. The Bertz CT molecular complexity index is 2000. The normalized spacial score (nSPS) is 12.9. The van der Waals surface area contributed by atoms with Crippen molar-refractivity contribution in [2.24, 2.45) is 0 Å². The first-order chi connectivity index (χ1) is 27.7. The fraction of sp³-hybridized carbons (Fsp3) is 0.390. The van der Waals surface area contributed by atoms with Gasteiger partial charge < -0.3 is 48.1 Å². The van der Waals surface area contributed by atoms with Crippen LogP contribution in [0.15, 0.2) is 54.6 Å². The molecule has 17 nitrogen and oxygen atoms in total. The summed E-state index contributed by atoms with van der Waals surface area (Å²) in [5.74, 6) is -2.76. The number of nitrogens with zero attached hydrogens (tertiary/aromatic N) is 3. The molecule has 0 amide bonds. The standard InChI is InChI=1S/C41H47N3O14/c1-9-51-38(47)22(5)55-26-13-16-29(32(45)19-26)35-42-36(30-17-14-27(20-33(30)46)56-23(6)39(48)52-10-2)44-37(43-35)31-18-15-28(57-24(7)40(49)53-11-3)21-34(31)58-25(8)41(50)54-12-4/h13-25,45-46H,9-12H2,1-8H3. The van der Waals surface area contributed by atoms with Crippen LogP contribution in [0.3, 0.4) is 0 Å². The molecule has 0 fully saturated rings. The van der Waals surface area contributed by atoms with Crippen molar-refractivity contribution in [3.05, 3.63) is 54.6 Å².